The van der Waals surface area contributed by atoms with Crippen LogP contribution in [0.4, 0.5) is 5.69 Å². The number of carbonyl (C=O) groups is 2. The monoisotopic (exact) mass is 711 g/mol. The van der Waals surface area contributed by atoms with E-state index in [9.17, 15) is 9.90 Å². The minimum Gasteiger partial charge on any atom is -0.494 e. The lowest BCUT2D eigenvalue weighted by atomic mass is 9.98. The summed E-state index contributed by atoms with van der Waals surface area (Å²) in [6.07, 6.45) is 1.18. The highest BCUT2D eigenvalue weighted by Crippen LogP contribution is 2.46. The number of aromatic carboxylic acids is 1. The van der Waals surface area contributed by atoms with Crippen molar-refractivity contribution in [3.63, 3.8) is 0 Å². The average Bonchev–Trinajstić information content (AvgIpc) is 3.66. The number of aryl methyl sites for hydroxylation is 6. The van der Waals surface area contributed by atoms with Crippen LogP contribution in [0.15, 0.2) is 48.5 Å². The number of hydrogen-bond acceptors (Lipinski definition) is 4. The molecule has 0 radical (unpaired) electrons. The van der Waals surface area contributed by atoms with E-state index in [-0.39, 0.29) is 24.2 Å². The molecule has 11 heteroatoms. The molecule has 1 atom stereocenters. The number of amides is 1. The molecule has 7 rings (SSSR count). The maximum atomic E-state index is 15.0. The predicted molar refractivity (Wildman–Crippen MR) is 200 cm³/mol. The molecule has 0 unspecified atom stereocenters. The van der Waals surface area contributed by atoms with E-state index >= 15 is 4.79 Å². The van der Waals surface area contributed by atoms with E-state index in [0.717, 1.165) is 66.4 Å². The van der Waals surface area contributed by atoms with Crippen LogP contribution in [0, 0.1) is 27.7 Å². The second-order valence-corrected chi connectivity index (χ2v) is 14.1. The Bertz CT molecular complexity index is 2360. The minimum atomic E-state index is -1.09. The van der Waals surface area contributed by atoms with Gasteiger partial charge in [0.1, 0.15) is 11.4 Å². The summed E-state index contributed by atoms with van der Waals surface area (Å²) in [6.45, 7) is 10.7. The zero-order valence-corrected chi connectivity index (χ0v) is 30.7. The van der Waals surface area contributed by atoms with E-state index in [4.69, 9.17) is 33.0 Å². The first-order chi connectivity index (χ1) is 23.8. The van der Waals surface area contributed by atoms with Gasteiger partial charge in [0.05, 0.1) is 34.0 Å². The van der Waals surface area contributed by atoms with Crippen LogP contribution in [-0.4, -0.2) is 49.0 Å². The number of carboxylic acids is 1. The van der Waals surface area contributed by atoms with E-state index in [1.807, 2.05) is 88.0 Å². The summed E-state index contributed by atoms with van der Waals surface area (Å²) >= 11 is 13.5. The highest BCUT2D eigenvalue weighted by Gasteiger charge is 2.39. The molecule has 1 amide bonds. The molecule has 9 nitrogen and oxygen atoms in total. The molecule has 50 heavy (non-hydrogen) atoms. The van der Waals surface area contributed by atoms with Crippen molar-refractivity contribution in [3.8, 4) is 16.9 Å². The molecule has 0 spiro atoms. The zero-order chi connectivity index (χ0) is 35.8. The SMILES string of the molecule is Cc1cc(OCCCc2c3n(c4c(-c5c(C)nn(C)c5C)c(Cl)ccc24)[C@H](C)CN(c2c(C(=O)O)n(C)c4ccccc24)C3=O)cc(C)c1Cl. The van der Waals surface area contributed by atoms with Crippen LogP contribution in [0.25, 0.3) is 32.9 Å². The van der Waals surface area contributed by atoms with Gasteiger partial charge in [-0.1, -0.05) is 47.5 Å². The third-order valence-electron chi connectivity index (χ3n) is 10.1. The van der Waals surface area contributed by atoms with E-state index < -0.39 is 5.97 Å². The summed E-state index contributed by atoms with van der Waals surface area (Å²) in [4.78, 5) is 29.4. The molecule has 0 saturated carbocycles. The fourth-order valence-corrected chi connectivity index (χ4v) is 8.17. The topological polar surface area (TPSA) is 94.5 Å². The van der Waals surface area contributed by atoms with Crippen LogP contribution in [0.1, 0.15) is 68.4 Å². The Labute approximate surface area is 300 Å². The van der Waals surface area contributed by atoms with Crippen molar-refractivity contribution in [3.05, 3.63) is 98.0 Å². The van der Waals surface area contributed by atoms with Crippen molar-refractivity contribution >= 4 is 62.6 Å². The van der Waals surface area contributed by atoms with Crippen LogP contribution in [-0.2, 0) is 20.5 Å². The second-order valence-electron chi connectivity index (χ2n) is 13.4. The molecular formula is C39H39Cl2N5O4. The van der Waals surface area contributed by atoms with Crippen molar-refractivity contribution in [2.45, 2.75) is 53.5 Å². The van der Waals surface area contributed by atoms with Gasteiger partial charge < -0.3 is 23.9 Å². The van der Waals surface area contributed by atoms with Crippen LogP contribution in [0.3, 0.4) is 0 Å². The Hall–Kier alpha value is -4.73. The predicted octanol–water partition coefficient (Wildman–Crippen LogP) is 9.01. The Morgan fingerprint density at radius 3 is 2.36 bits per heavy atom. The maximum Gasteiger partial charge on any atom is 0.354 e. The molecule has 0 fully saturated rings. The lowest BCUT2D eigenvalue weighted by Gasteiger charge is -2.34. The van der Waals surface area contributed by atoms with Crippen LogP contribution in [0.5, 0.6) is 5.75 Å². The number of benzene rings is 3. The molecule has 0 saturated heterocycles. The van der Waals surface area contributed by atoms with Gasteiger partial charge in [-0.05, 0) is 88.4 Å². The Kier molecular flexibility index (Phi) is 8.47. The largest absolute Gasteiger partial charge is 0.494 e. The molecule has 0 bridgehead atoms. The Morgan fingerprint density at radius 1 is 1.00 bits per heavy atom. The first kappa shape index (κ1) is 33.8. The summed E-state index contributed by atoms with van der Waals surface area (Å²) in [5, 5.41) is 18.1. The lowest BCUT2D eigenvalue weighted by Crippen LogP contribution is -2.43. The molecule has 6 aromatic rings. The Morgan fingerprint density at radius 2 is 1.70 bits per heavy atom. The van der Waals surface area contributed by atoms with Gasteiger partial charge >= 0.3 is 5.97 Å². The average molecular weight is 713 g/mol. The quantitative estimate of drug-likeness (QED) is 0.159. The third-order valence-corrected chi connectivity index (χ3v) is 11.0. The maximum absolute atomic E-state index is 15.0. The first-order valence-corrected chi connectivity index (χ1v) is 17.4. The molecule has 1 aliphatic heterocycles. The molecule has 3 aromatic carbocycles. The molecule has 258 valence electrons. The van der Waals surface area contributed by atoms with Crippen LogP contribution >= 0.6 is 23.2 Å². The van der Waals surface area contributed by atoms with Crippen LogP contribution in [0.2, 0.25) is 10.0 Å². The van der Waals surface area contributed by atoms with Gasteiger partial charge in [-0.2, -0.15) is 5.10 Å². The third kappa shape index (κ3) is 5.17. The van der Waals surface area contributed by atoms with Crippen LogP contribution < -0.4 is 9.64 Å². The van der Waals surface area contributed by atoms with Gasteiger partial charge in [0, 0.05) is 59.3 Å². The van der Waals surface area contributed by atoms with E-state index in [1.54, 1.807) is 16.5 Å². The minimum absolute atomic E-state index is 0.0742. The summed E-state index contributed by atoms with van der Waals surface area (Å²) in [6, 6.07) is 15.1. The number of halogens is 2. The molecular weight excluding hydrogens is 673 g/mol. The van der Waals surface area contributed by atoms with Gasteiger partial charge in [-0.15, -0.1) is 0 Å². The van der Waals surface area contributed by atoms with Crippen molar-refractivity contribution in [1.29, 1.82) is 0 Å². The normalized spacial score (nSPS) is 14.6. The fraction of sp³-hybridized carbons (Fsp3) is 0.308. The number of nitrogens with zero attached hydrogens (tertiary/aromatic N) is 5. The summed E-state index contributed by atoms with van der Waals surface area (Å²) in [5.74, 6) is -0.593. The summed E-state index contributed by atoms with van der Waals surface area (Å²) in [5.41, 5.74) is 9.01. The van der Waals surface area contributed by atoms with Crippen molar-refractivity contribution < 1.29 is 19.4 Å². The highest BCUT2D eigenvalue weighted by molar-refractivity contribution is 6.35. The number of carboxylic acid groups (broad SMARTS) is 1. The Balaban J connectivity index is 1.40. The first-order valence-electron chi connectivity index (χ1n) is 16.7. The fourth-order valence-electron chi connectivity index (χ4n) is 7.81. The summed E-state index contributed by atoms with van der Waals surface area (Å²) in [7, 11) is 3.64. The summed E-state index contributed by atoms with van der Waals surface area (Å²) < 4.78 is 11.8. The van der Waals surface area contributed by atoms with Crippen molar-refractivity contribution in [2.24, 2.45) is 14.1 Å². The number of carbonyl (C=O) groups excluding carboxylic acids is 1. The lowest BCUT2D eigenvalue weighted by molar-refractivity contribution is 0.0687. The van der Waals surface area contributed by atoms with Gasteiger partial charge in [-0.25, -0.2) is 4.79 Å². The number of aromatic nitrogens is 4. The molecule has 0 aliphatic carbocycles. The number of para-hydroxylation sites is 1. The van der Waals surface area contributed by atoms with Gasteiger partial charge in [0.2, 0.25) is 0 Å². The van der Waals surface area contributed by atoms with Gasteiger partial charge in [-0.3, -0.25) is 9.48 Å². The standard InChI is InChI=1S/C39H39Cl2N5O4/c1-20-17-25(18-21(2)33(20)41)50-16-10-12-26-27-14-15-29(40)32(31-23(4)42-44(7)24(31)5)34(27)46-22(3)19-45(38(47)36(26)46)35-28-11-8-9-13-30(28)43(6)37(35)39(48)49/h8-9,11,13-15,17-18,22H,10,12,16,19H2,1-7H3,(H,48,49)/t22-/m1/s1. The molecule has 4 heterocycles. The van der Waals surface area contributed by atoms with E-state index in [2.05, 4.69) is 11.5 Å². The number of fused-ring (bicyclic) bond motifs is 4. The zero-order valence-electron chi connectivity index (χ0n) is 29.2. The molecule has 3 aromatic heterocycles. The van der Waals surface area contributed by atoms with Gasteiger partial charge in [0.15, 0.2) is 5.69 Å². The van der Waals surface area contributed by atoms with E-state index in [1.165, 1.54) is 0 Å². The van der Waals surface area contributed by atoms with E-state index in [0.29, 0.717) is 41.2 Å². The molecule has 1 aliphatic rings. The highest BCUT2D eigenvalue weighted by atomic mass is 35.5. The van der Waals surface area contributed by atoms with Crippen molar-refractivity contribution in [1.82, 2.24) is 18.9 Å². The van der Waals surface area contributed by atoms with Crippen molar-refractivity contribution in [2.75, 3.05) is 18.1 Å². The second kappa shape index (κ2) is 12.5. The molecule has 1 N–H and O–H groups in total. The smallest absolute Gasteiger partial charge is 0.354 e. The number of rotatable bonds is 8. The number of ether oxygens (including phenoxy) is 1. The van der Waals surface area contributed by atoms with Gasteiger partial charge in [0.25, 0.3) is 5.91 Å². The number of hydrogen-bond donors (Lipinski definition) is 1. The number of anilines is 1.